The second-order valence-corrected chi connectivity index (χ2v) is 6.02. The summed E-state index contributed by atoms with van der Waals surface area (Å²) in [5, 5.41) is 9.54. The number of furan rings is 1. The Morgan fingerprint density at radius 1 is 1.08 bits per heavy atom. The van der Waals surface area contributed by atoms with E-state index in [-0.39, 0.29) is 5.76 Å². The van der Waals surface area contributed by atoms with Gasteiger partial charge in [-0.3, -0.25) is 0 Å². The van der Waals surface area contributed by atoms with Crippen LogP contribution in [0, 0.1) is 0 Å². The predicted molar refractivity (Wildman–Crippen MR) is 95.6 cm³/mol. The lowest BCUT2D eigenvalue weighted by Crippen LogP contribution is -2.03. The summed E-state index contributed by atoms with van der Waals surface area (Å²) in [6.07, 6.45) is 1.21. The SMILES string of the molecule is O=C(O)c1ccc(Cc2cc(Cl)ccc2OCCc2ccccc2)o1. The molecule has 1 aromatic heterocycles. The normalized spacial score (nSPS) is 10.6. The van der Waals surface area contributed by atoms with E-state index < -0.39 is 5.97 Å². The molecule has 25 heavy (non-hydrogen) atoms. The zero-order valence-electron chi connectivity index (χ0n) is 13.4. The Morgan fingerprint density at radius 3 is 2.60 bits per heavy atom. The fraction of sp³-hybridized carbons (Fsp3) is 0.150. The topological polar surface area (TPSA) is 59.7 Å². The summed E-state index contributed by atoms with van der Waals surface area (Å²) >= 11 is 6.09. The van der Waals surface area contributed by atoms with Crippen LogP contribution in [-0.2, 0) is 12.8 Å². The molecule has 0 aliphatic rings. The monoisotopic (exact) mass is 356 g/mol. The van der Waals surface area contributed by atoms with E-state index in [0.717, 1.165) is 12.0 Å². The molecule has 0 atom stereocenters. The number of halogens is 1. The van der Waals surface area contributed by atoms with Crippen LogP contribution in [0.5, 0.6) is 5.75 Å². The van der Waals surface area contributed by atoms with E-state index >= 15 is 0 Å². The first-order valence-electron chi connectivity index (χ1n) is 7.89. The number of aromatic carboxylic acids is 1. The third kappa shape index (κ3) is 4.64. The maximum atomic E-state index is 10.9. The van der Waals surface area contributed by atoms with Crippen LogP contribution in [0.2, 0.25) is 5.02 Å². The van der Waals surface area contributed by atoms with Crippen LogP contribution >= 0.6 is 11.6 Å². The summed E-state index contributed by atoms with van der Waals surface area (Å²) in [5.74, 6) is 0.0986. The molecule has 0 bridgehead atoms. The van der Waals surface area contributed by atoms with Crippen molar-refractivity contribution in [2.45, 2.75) is 12.8 Å². The number of hydrogen-bond donors (Lipinski definition) is 1. The van der Waals surface area contributed by atoms with Crippen molar-refractivity contribution >= 4 is 17.6 Å². The fourth-order valence-corrected chi connectivity index (χ4v) is 2.72. The van der Waals surface area contributed by atoms with E-state index in [4.69, 9.17) is 25.9 Å². The molecular weight excluding hydrogens is 340 g/mol. The first kappa shape index (κ1) is 17.1. The minimum Gasteiger partial charge on any atom is -0.493 e. The van der Waals surface area contributed by atoms with Gasteiger partial charge in [0, 0.05) is 23.4 Å². The molecule has 0 aliphatic heterocycles. The first-order chi connectivity index (χ1) is 12.1. The van der Waals surface area contributed by atoms with Gasteiger partial charge in [0.05, 0.1) is 6.61 Å². The van der Waals surface area contributed by atoms with E-state index in [2.05, 4.69) is 12.1 Å². The van der Waals surface area contributed by atoms with Gasteiger partial charge in [0.1, 0.15) is 11.5 Å². The van der Waals surface area contributed by atoms with Gasteiger partial charge in [-0.2, -0.15) is 0 Å². The maximum Gasteiger partial charge on any atom is 0.371 e. The number of hydrogen-bond acceptors (Lipinski definition) is 3. The molecule has 128 valence electrons. The molecular formula is C20H17ClO4. The molecule has 0 saturated carbocycles. The average Bonchev–Trinajstić information content (AvgIpc) is 3.07. The van der Waals surface area contributed by atoms with E-state index in [1.807, 2.05) is 30.3 Å². The summed E-state index contributed by atoms with van der Waals surface area (Å²) in [6, 6.07) is 18.6. The fourth-order valence-electron chi connectivity index (χ4n) is 2.53. The number of carbonyl (C=O) groups is 1. The van der Waals surface area contributed by atoms with Gasteiger partial charge in [0.25, 0.3) is 0 Å². The summed E-state index contributed by atoms with van der Waals surface area (Å²) in [6.45, 7) is 0.539. The van der Waals surface area contributed by atoms with Crippen molar-refractivity contribution in [2.75, 3.05) is 6.61 Å². The minimum absolute atomic E-state index is 0.0800. The third-order valence-electron chi connectivity index (χ3n) is 3.75. The Bertz CT molecular complexity index is 855. The van der Waals surface area contributed by atoms with Crippen molar-refractivity contribution in [3.05, 3.63) is 88.3 Å². The highest BCUT2D eigenvalue weighted by atomic mass is 35.5. The van der Waals surface area contributed by atoms with Gasteiger partial charge in [-0.15, -0.1) is 0 Å². The zero-order chi connectivity index (χ0) is 17.6. The largest absolute Gasteiger partial charge is 0.493 e. The molecule has 4 nitrogen and oxygen atoms in total. The number of ether oxygens (including phenoxy) is 1. The lowest BCUT2D eigenvalue weighted by molar-refractivity contribution is 0.0660. The van der Waals surface area contributed by atoms with E-state index in [0.29, 0.717) is 29.6 Å². The Hall–Kier alpha value is -2.72. The molecule has 0 saturated heterocycles. The summed E-state index contributed by atoms with van der Waals surface area (Å²) < 4.78 is 11.2. The van der Waals surface area contributed by atoms with Gasteiger partial charge < -0.3 is 14.3 Å². The van der Waals surface area contributed by atoms with E-state index in [1.54, 1.807) is 12.1 Å². The molecule has 0 amide bonds. The van der Waals surface area contributed by atoms with Gasteiger partial charge in [-0.1, -0.05) is 41.9 Å². The van der Waals surface area contributed by atoms with Gasteiger partial charge in [-0.25, -0.2) is 4.79 Å². The summed E-state index contributed by atoms with van der Waals surface area (Å²) in [7, 11) is 0. The average molecular weight is 357 g/mol. The molecule has 5 heteroatoms. The highest BCUT2D eigenvalue weighted by Gasteiger charge is 2.12. The predicted octanol–water partition coefficient (Wildman–Crippen LogP) is 4.84. The molecule has 0 aliphatic carbocycles. The second-order valence-electron chi connectivity index (χ2n) is 5.58. The van der Waals surface area contributed by atoms with Crippen LogP contribution < -0.4 is 4.74 Å². The highest BCUT2D eigenvalue weighted by molar-refractivity contribution is 6.30. The number of carboxylic acid groups (broad SMARTS) is 1. The van der Waals surface area contributed by atoms with Crippen LogP contribution in [0.15, 0.2) is 65.1 Å². The quantitative estimate of drug-likeness (QED) is 0.657. The molecule has 3 aromatic rings. The van der Waals surface area contributed by atoms with Gasteiger partial charge in [0.15, 0.2) is 0 Å². The lowest BCUT2D eigenvalue weighted by Gasteiger charge is -2.11. The Balaban J connectivity index is 1.70. The van der Waals surface area contributed by atoms with Crippen LogP contribution in [0.25, 0.3) is 0 Å². The molecule has 0 spiro atoms. The summed E-state index contributed by atoms with van der Waals surface area (Å²) in [5.41, 5.74) is 2.06. The maximum absolute atomic E-state index is 10.9. The number of carboxylic acids is 1. The van der Waals surface area contributed by atoms with E-state index in [1.165, 1.54) is 11.6 Å². The summed E-state index contributed by atoms with van der Waals surface area (Å²) in [4.78, 5) is 10.9. The molecule has 1 heterocycles. The number of benzene rings is 2. The lowest BCUT2D eigenvalue weighted by atomic mass is 10.1. The highest BCUT2D eigenvalue weighted by Crippen LogP contribution is 2.26. The van der Waals surface area contributed by atoms with Gasteiger partial charge in [0.2, 0.25) is 5.76 Å². The molecule has 1 N–H and O–H groups in total. The van der Waals surface area contributed by atoms with Crippen LogP contribution in [0.3, 0.4) is 0 Å². The Kier molecular flexibility index (Phi) is 5.41. The smallest absolute Gasteiger partial charge is 0.371 e. The Labute approximate surface area is 150 Å². The van der Waals surface area contributed by atoms with Gasteiger partial charge >= 0.3 is 5.97 Å². The van der Waals surface area contributed by atoms with Crippen molar-refractivity contribution < 1.29 is 19.1 Å². The Morgan fingerprint density at radius 2 is 1.88 bits per heavy atom. The first-order valence-corrected chi connectivity index (χ1v) is 8.27. The molecule has 0 unspecified atom stereocenters. The third-order valence-corrected chi connectivity index (χ3v) is 3.99. The minimum atomic E-state index is -1.09. The van der Waals surface area contributed by atoms with Crippen molar-refractivity contribution in [1.82, 2.24) is 0 Å². The van der Waals surface area contributed by atoms with Crippen molar-refractivity contribution in [3.8, 4) is 5.75 Å². The van der Waals surface area contributed by atoms with Crippen molar-refractivity contribution in [3.63, 3.8) is 0 Å². The zero-order valence-corrected chi connectivity index (χ0v) is 14.2. The molecule has 0 fully saturated rings. The molecule has 3 rings (SSSR count). The van der Waals surface area contributed by atoms with Crippen LogP contribution in [-0.4, -0.2) is 17.7 Å². The van der Waals surface area contributed by atoms with Crippen LogP contribution in [0.1, 0.15) is 27.4 Å². The van der Waals surface area contributed by atoms with Gasteiger partial charge in [-0.05, 0) is 35.9 Å². The van der Waals surface area contributed by atoms with Crippen molar-refractivity contribution in [2.24, 2.45) is 0 Å². The standard InChI is InChI=1S/C20H17ClO4/c21-16-6-8-18(24-11-10-14-4-2-1-3-5-14)15(12-16)13-17-7-9-19(25-17)20(22)23/h1-9,12H,10-11,13H2,(H,22,23). The molecule has 2 aromatic carbocycles. The van der Waals surface area contributed by atoms with Crippen LogP contribution in [0.4, 0.5) is 0 Å². The van der Waals surface area contributed by atoms with Crippen molar-refractivity contribution in [1.29, 1.82) is 0 Å². The molecule has 0 radical (unpaired) electrons. The number of rotatable bonds is 7. The second kappa shape index (κ2) is 7.90. The van der Waals surface area contributed by atoms with E-state index in [9.17, 15) is 4.79 Å².